The van der Waals surface area contributed by atoms with Crippen molar-refractivity contribution in [1.82, 2.24) is 10.1 Å². The second kappa shape index (κ2) is 5.66. The number of hydrogen-bond acceptors (Lipinski definition) is 4. The molecule has 0 saturated heterocycles. The van der Waals surface area contributed by atoms with Gasteiger partial charge in [-0.1, -0.05) is 5.16 Å². The minimum Gasteiger partial charge on any atom is -0.506 e. The molecule has 2 rings (SSSR count). The van der Waals surface area contributed by atoms with Crippen molar-refractivity contribution in [3.63, 3.8) is 0 Å². The summed E-state index contributed by atoms with van der Waals surface area (Å²) in [6, 6.07) is 5.19. The summed E-state index contributed by atoms with van der Waals surface area (Å²) in [6.45, 7) is 3.98. The number of nitrogens with zero attached hydrogens (tertiary/aromatic N) is 2. The molecule has 0 unspecified atom stereocenters. The van der Waals surface area contributed by atoms with Crippen LogP contribution in [0.2, 0.25) is 0 Å². The zero-order valence-corrected chi connectivity index (χ0v) is 13.1. The van der Waals surface area contributed by atoms with Crippen LogP contribution in [0.15, 0.2) is 27.2 Å². The van der Waals surface area contributed by atoms with E-state index in [0.29, 0.717) is 22.5 Å². The number of benzene rings is 1. The minimum atomic E-state index is -0.271. The van der Waals surface area contributed by atoms with Gasteiger partial charge >= 0.3 is 0 Å². The van der Waals surface area contributed by atoms with E-state index >= 15 is 0 Å². The number of rotatable bonds is 3. The van der Waals surface area contributed by atoms with Crippen LogP contribution in [0.1, 0.15) is 27.4 Å². The predicted molar refractivity (Wildman–Crippen MR) is 77.6 cm³/mol. The van der Waals surface area contributed by atoms with E-state index in [1.165, 1.54) is 4.90 Å². The molecule has 0 atom stereocenters. The molecule has 0 spiro atoms. The van der Waals surface area contributed by atoms with Gasteiger partial charge in [0, 0.05) is 13.1 Å². The lowest BCUT2D eigenvalue weighted by Gasteiger charge is -2.17. The maximum Gasteiger partial charge on any atom is 0.257 e. The predicted octanol–water partition coefficient (Wildman–Crippen LogP) is 3.03. The number of phenolic OH excluding ortho intramolecular Hbond substituents is 1. The van der Waals surface area contributed by atoms with Crippen molar-refractivity contribution < 1.29 is 14.4 Å². The van der Waals surface area contributed by atoms with Gasteiger partial charge in [-0.3, -0.25) is 4.79 Å². The van der Waals surface area contributed by atoms with E-state index in [0.717, 1.165) is 5.56 Å². The molecule has 0 aliphatic heterocycles. The van der Waals surface area contributed by atoms with E-state index in [-0.39, 0.29) is 17.2 Å². The molecule has 0 saturated carbocycles. The van der Waals surface area contributed by atoms with Crippen LogP contribution in [0, 0.1) is 13.8 Å². The van der Waals surface area contributed by atoms with E-state index < -0.39 is 0 Å². The summed E-state index contributed by atoms with van der Waals surface area (Å²) in [5.41, 5.74) is 1.83. The lowest BCUT2D eigenvalue weighted by molar-refractivity contribution is 0.0779. The van der Waals surface area contributed by atoms with Gasteiger partial charge in [0.25, 0.3) is 5.91 Å². The number of aromatic nitrogens is 1. The van der Waals surface area contributed by atoms with Crippen molar-refractivity contribution in [3.8, 4) is 5.75 Å². The van der Waals surface area contributed by atoms with Gasteiger partial charge in [0.1, 0.15) is 17.2 Å². The number of aromatic hydroxyl groups is 1. The Bertz CT molecular complexity index is 652. The first kappa shape index (κ1) is 14.6. The normalized spacial score (nSPS) is 10.6. The Labute approximate surface area is 125 Å². The number of halogens is 1. The van der Waals surface area contributed by atoms with E-state index in [1.54, 1.807) is 32.2 Å². The van der Waals surface area contributed by atoms with E-state index in [9.17, 15) is 9.90 Å². The van der Waals surface area contributed by atoms with Crippen molar-refractivity contribution in [1.29, 1.82) is 0 Å². The first-order valence-corrected chi connectivity index (χ1v) is 6.84. The van der Waals surface area contributed by atoms with Gasteiger partial charge in [0.2, 0.25) is 0 Å². The third-order valence-corrected chi connectivity index (χ3v) is 3.47. The molecule has 5 nitrogen and oxygen atoms in total. The zero-order valence-electron chi connectivity index (χ0n) is 11.5. The van der Waals surface area contributed by atoms with Crippen molar-refractivity contribution >= 4 is 21.8 Å². The fraction of sp³-hybridized carbons (Fsp3) is 0.286. The molecule has 1 amide bonds. The molecule has 2 aromatic rings. The van der Waals surface area contributed by atoms with Gasteiger partial charge in [0.15, 0.2) is 0 Å². The van der Waals surface area contributed by atoms with Crippen molar-refractivity contribution in [3.05, 3.63) is 45.3 Å². The number of carbonyl (C=O) groups excluding carboxylic acids is 1. The van der Waals surface area contributed by atoms with Crippen molar-refractivity contribution in [2.45, 2.75) is 20.4 Å². The molecule has 1 aromatic carbocycles. The van der Waals surface area contributed by atoms with E-state index in [2.05, 4.69) is 21.1 Å². The largest absolute Gasteiger partial charge is 0.506 e. The van der Waals surface area contributed by atoms with Crippen LogP contribution in [0.4, 0.5) is 0 Å². The van der Waals surface area contributed by atoms with Crippen LogP contribution in [0.25, 0.3) is 0 Å². The first-order valence-electron chi connectivity index (χ1n) is 6.05. The summed E-state index contributed by atoms with van der Waals surface area (Å²) in [4.78, 5) is 13.9. The highest BCUT2D eigenvalue weighted by atomic mass is 79.9. The summed E-state index contributed by atoms with van der Waals surface area (Å²) in [7, 11) is 1.65. The Kier molecular flexibility index (Phi) is 4.13. The molecule has 0 fully saturated rings. The fourth-order valence-corrected chi connectivity index (χ4v) is 2.49. The average molecular weight is 339 g/mol. The lowest BCUT2D eigenvalue weighted by atomic mass is 10.1. The van der Waals surface area contributed by atoms with Crippen LogP contribution < -0.4 is 0 Å². The fourth-order valence-electron chi connectivity index (χ4n) is 1.91. The van der Waals surface area contributed by atoms with Crippen LogP contribution in [-0.4, -0.2) is 28.1 Å². The van der Waals surface area contributed by atoms with Gasteiger partial charge in [-0.15, -0.1) is 0 Å². The molecular weight excluding hydrogens is 324 g/mol. The molecule has 1 N–H and O–H groups in total. The molecule has 0 aliphatic rings. The van der Waals surface area contributed by atoms with Crippen LogP contribution in [0.3, 0.4) is 0 Å². The highest BCUT2D eigenvalue weighted by Gasteiger charge is 2.19. The number of amides is 1. The molecule has 0 radical (unpaired) electrons. The number of aryl methyl sites for hydroxylation is 2. The number of phenols is 1. The quantitative estimate of drug-likeness (QED) is 0.933. The Morgan fingerprint density at radius 2 is 2.10 bits per heavy atom. The van der Waals surface area contributed by atoms with Crippen LogP contribution in [-0.2, 0) is 6.54 Å². The topological polar surface area (TPSA) is 66.6 Å². The Hall–Kier alpha value is -1.82. The Balaban J connectivity index is 2.22. The van der Waals surface area contributed by atoms with Gasteiger partial charge in [-0.05, 0) is 47.5 Å². The molecule has 1 heterocycles. The molecule has 6 heteroatoms. The summed E-state index contributed by atoms with van der Waals surface area (Å²) in [5, 5.41) is 13.8. The monoisotopic (exact) mass is 338 g/mol. The standard InChI is InChI=1S/C14H15BrN2O3/c1-8-4-11(13(18)12(15)5-8)14(19)17(3)7-10-6-9(2)20-16-10/h4-6,18H,7H2,1-3H3. The van der Waals surface area contributed by atoms with Gasteiger partial charge < -0.3 is 14.5 Å². The highest BCUT2D eigenvalue weighted by molar-refractivity contribution is 9.10. The molecule has 0 bridgehead atoms. The maximum atomic E-state index is 12.4. The van der Waals surface area contributed by atoms with Gasteiger partial charge in [0.05, 0.1) is 16.6 Å². The third-order valence-electron chi connectivity index (χ3n) is 2.86. The summed E-state index contributed by atoms with van der Waals surface area (Å²) in [5.74, 6) is 0.373. The van der Waals surface area contributed by atoms with Crippen LogP contribution in [0.5, 0.6) is 5.75 Å². The Morgan fingerprint density at radius 3 is 2.70 bits per heavy atom. The van der Waals surface area contributed by atoms with Crippen molar-refractivity contribution in [2.24, 2.45) is 0 Å². The summed E-state index contributed by atoms with van der Waals surface area (Å²) < 4.78 is 5.47. The van der Waals surface area contributed by atoms with E-state index in [4.69, 9.17) is 4.52 Å². The molecular formula is C14H15BrN2O3. The van der Waals surface area contributed by atoms with Crippen LogP contribution >= 0.6 is 15.9 Å². The summed E-state index contributed by atoms with van der Waals surface area (Å²) in [6.07, 6.45) is 0. The molecule has 0 aliphatic carbocycles. The average Bonchev–Trinajstić information content (AvgIpc) is 2.78. The zero-order chi connectivity index (χ0) is 14.9. The lowest BCUT2D eigenvalue weighted by Crippen LogP contribution is -2.26. The number of carbonyl (C=O) groups is 1. The van der Waals surface area contributed by atoms with Crippen molar-refractivity contribution in [2.75, 3.05) is 7.05 Å². The molecule has 1 aromatic heterocycles. The first-order chi connectivity index (χ1) is 9.38. The third kappa shape index (κ3) is 3.01. The maximum absolute atomic E-state index is 12.4. The smallest absolute Gasteiger partial charge is 0.257 e. The second-order valence-electron chi connectivity index (χ2n) is 4.73. The SMILES string of the molecule is Cc1cc(Br)c(O)c(C(=O)N(C)Cc2cc(C)on2)c1. The van der Waals surface area contributed by atoms with Gasteiger partial charge in [-0.2, -0.15) is 0 Å². The number of hydrogen-bond donors (Lipinski definition) is 1. The van der Waals surface area contributed by atoms with Gasteiger partial charge in [-0.25, -0.2) is 0 Å². The summed E-state index contributed by atoms with van der Waals surface area (Å²) >= 11 is 3.24. The highest BCUT2D eigenvalue weighted by Crippen LogP contribution is 2.30. The Morgan fingerprint density at radius 1 is 1.40 bits per heavy atom. The minimum absolute atomic E-state index is 0.0521. The molecule has 106 valence electrons. The molecule has 20 heavy (non-hydrogen) atoms. The second-order valence-corrected chi connectivity index (χ2v) is 5.59. The van der Waals surface area contributed by atoms with E-state index in [1.807, 2.05) is 6.92 Å².